The Morgan fingerprint density at radius 1 is 1.04 bits per heavy atom. The fourth-order valence-corrected chi connectivity index (χ4v) is 4.29. The van der Waals surface area contributed by atoms with Crippen molar-refractivity contribution in [2.24, 2.45) is 0 Å². The van der Waals surface area contributed by atoms with E-state index in [0.29, 0.717) is 12.1 Å². The van der Waals surface area contributed by atoms with E-state index in [1.54, 1.807) is 11.3 Å². The number of nitrogens with one attached hydrogen (secondary N) is 1. The van der Waals surface area contributed by atoms with E-state index in [1.807, 2.05) is 30.3 Å². The Labute approximate surface area is 158 Å². The minimum absolute atomic E-state index is 0.0109. The molecule has 3 aromatic rings. The maximum Gasteiger partial charge on any atom is 0.251 e. The van der Waals surface area contributed by atoms with Crippen molar-refractivity contribution in [1.82, 2.24) is 10.2 Å². The molecule has 0 radical (unpaired) electrons. The average molecular weight is 362 g/mol. The van der Waals surface area contributed by atoms with Crippen molar-refractivity contribution in [1.29, 1.82) is 0 Å². The van der Waals surface area contributed by atoms with Gasteiger partial charge in [-0.3, -0.25) is 9.69 Å². The van der Waals surface area contributed by atoms with Crippen LogP contribution in [0.15, 0.2) is 71.4 Å². The van der Waals surface area contributed by atoms with E-state index >= 15 is 0 Å². The SMILES string of the molecule is O=C(NCC(c1ccsc1)N1CCc2ccccc2C1)c1ccccc1. The summed E-state index contributed by atoms with van der Waals surface area (Å²) in [6.45, 7) is 2.56. The summed E-state index contributed by atoms with van der Waals surface area (Å²) in [5, 5.41) is 7.44. The van der Waals surface area contributed by atoms with Crippen LogP contribution >= 0.6 is 11.3 Å². The lowest BCUT2D eigenvalue weighted by molar-refractivity contribution is 0.0928. The van der Waals surface area contributed by atoms with Crippen molar-refractivity contribution in [2.75, 3.05) is 13.1 Å². The summed E-state index contributed by atoms with van der Waals surface area (Å²) in [4.78, 5) is 15.0. The molecule has 26 heavy (non-hydrogen) atoms. The van der Waals surface area contributed by atoms with Gasteiger partial charge in [0.2, 0.25) is 0 Å². The predicted octanol–water partition coefficient (Wildman–Crippen LogP) is 4.28. The number of benzene rings is 2. The number of fused-ring (bicyclic) bond motifs is 1. The first-order valence-corrected chi connectivity index (χ1v) is 9.92. The van der Waals surface area contributed by atoms with Gasteiger partial charge in [0.05, 0.1) is 6.04 Å². The highest BCUT2D eigenvalue weighted by Crippen LogP contribution is 2.28. The largest absolute Gasteiger partial charge is 0.350 e. The molecular weight excluding hydrogens is 340 g/mol. The summed E-state index contributed by atoms with van der Waals surface area (Å²) in [6.07, 6.45) is 1.06. The molecule has 0 fully saturated rings. The second kappa shape index (κ2) is 7.85. The van der Waals surface area contributed by atoms with Gasteiger partial charge in [-0.15, -0.1) is 0 Å². The van der Waals surface area contributed by atoms with E-state index in [0.717, 1.165) is 19.5 Å². The Morgan fingerprint density at radius 2 is 1.81 bits per heavy atom. The van der Waals surface area contributed by atoms with Crippen LogP contribution in [0.2, 0.25) is 0 Å². The molecule has 1 N–H and O–H groups in total. The Kier molecular flexibility index (Phi) is 5.14. The van der Waals surface area contributed by atoms with Gasteiger partial charge in [0, 0.05) is 25.2 Å². The molecule has 2 heterocycles. The number of hydrogen-bond acceptors (Lipinski definition) is 3. The summed E-state index contributed by atoms with van der Waals surface area (Å²) in [7, 11) is 0. The lowest BCUT2D eigenvalue weighted by atomic mass is 9.97. The van der Waals surface area contributed by atoms with Gasteiger partial charge < -0.3 is 5.32 Å². The maximum absolute atomic E-state index is 12.5. The molecule has 1 atom stereocenters. The van der Waals surface area contributed by atoms with Crippen LogP contribution in [0.4, 0.5) is 0 Å². The number of hydrogen-bond donors (Lipinski definition) is 1. The van der Waals surface area contributed by atoms with Crippen molar-refractivity contribution >= 4 is 17.2 Å². The van der Waals surface area contributed by atoms with Crippen molar-refractivity contribution in [3.63, 3.8) is 0 Å². The van der Waals surface area contributed by atoms with E-state index in [1.165, 1.54) is 16.7 Å². The van der Waals surface area contributed by atoms with Gasteiger partial charge in [-0.25, -0.2) is 0 Å². The van der Waals surface area contributed by atoms with Crippen LogP contribution < -0.4 is 5.32 Å². The number of nitrogens with zero attached hydrogens (tertiary/aromatic N) is 1. The van der Waals surface area contributed by atoms with E-state index in [4.69, 9.17) is 0 Å². The first-order valence-electron chi connectivity index (χ1n) is 8.97. The van der Waals surface area contributed by atoms with Crippen LogP contribution in [0, 0.1) is 0 Å². The molecule has 1 unspecified atom stereocenters. The lowest BCUT2D eigenvalue weighted by Gasteiger charge is -2.35. The third-order valence-corrected chi connectivity index (χ3v) is 5.72. The fourth-order valence-electron chi connectivity index (χ4n) is 3.59. The van der Waals surface area contributed by atoms with Gasteiger partial charge >= 0.3 is 0 Å². The lowest BCUT2D eigenvalue weighted by Crippen LogP contribution is -2.40. The summed E-state index contributed by atoms with van der Waals surface area (Å²) in [5.41, 5.74) is 4.83. The van der Waals surface area contributed by atoms with Crippen LogP contribution in [0.3, 0.4) is 0 Å². The average Bonchev–Trinajstić information content (AvgIpc) is 3.23. The van der Waals surface area contributed by atoms with Crippen molar-refractivity contribution in [3.05, 3.63) is 93.7 Å². The molecular formula is C22H22N2OS. The molecule has 1 aliphatic rings. The monoisotopic (exact) mass is 362 g/mol. The second-order valence-electron chi connectivity index (χ2n) is 6.64. The van der Waals surface area contributed by atoms with Crippen molar-refractivity contribution < 1.29 is 4.79 Å². The molecule has 0 spiro atoms. The molecule has 0 aliphatic carbocycles. The smallest absolute Gasteiger partial charge is 0.251 e. The fraction of sp³-hybridized carbons (Fsp3) is 0.227. The van der Waals surface area contributed by atoms with Gasteiger partial charge in [0.1, 0.15) is 0 Å². The first kappa shape index (κ1) is 17.0. The zero-order valence-corrected chi connectivity index (χ0v) is 15.4. The van der Waals surface area contributed by atoms with E-state index in [9.17, 15) is 4.79 Å². The van der Waals surface area contributed by atoms with Gasteiger partial charge in [-0.1, -0.05) is 42.5 Å². The topological polar surface area (TPSA) is 32.3 Å². The predicted molar refractivity (Wildman–Crippen MR) is 106 cm³/mol. The Hall–Kier alpha value is -2.43. The summed E-state index contributed by atoms with van der Waals surface area (Å²) in [5.74, 6) is -0.0109. The quantitative estimate of drug-likeness (QED) is 0.735. The third kappa shape index (κ3) is 3.71. The van der Waals surface area contributed by atoms with Crippen LogP contribution in [-0.4, -0.2) is 23.9 Å². The summed E-state index contributed by atoms with van der Waals surface area (Å²) < 4.78 is 0. The van der Waals surface area contributed by atoms with Gasteiger partial charge in [0.25, 0.3) is 5.91 Å². The van der Waals surface area contributed by atoms with Gasteiger partial charge in [0.15, 0.2) is 0 Å². The number of amides is 1. The Balaban J connectivity index is 1.50. The zero-order valence-electron chi connectivity index (χ0n) is 14.6. The normalized spacial score (nSPS) is 15.2. The number of carbonyl (C=O) groups excluding carboxylic acids is 1. The highest BCUT2D eigenvalue weighted by Gasteiger charge is 2.25. The summed E-state index contributed by atoms with van der Waals surface area (Å²) >= 11 is 1.71. The molecule has 4 heteroatoms. The molecule has 0 saturated carbocycles. The Bertz CT molecular complexity index is 861. The molecule has 4 rings (SSSR count). The van der Waals surface area contributed by atoms with Gasteiger partial charge in [-0.05, 0) is 52.1 Å². The minimum atomic E-state index is -0.0109. The van der Waals surface area contributed by atoms with E-state index < -0.39 is 0 Å². The molecule has 0 saturated heterocycles. The van der Waals surface area contributed by atoms with E-state index in [2.05, 4.69) is 51.3 Å². The van der Waals surface area contributed by atoms with Crippen LogP contribution in [0.25, 0.3) is 0 Å². The molecule has 1 aliphatic heterocycles. The standard InChI is InChI=1S/C22H22N2OS/c25-22(18-7-2-1-3-8-18)23-14-21(20-11-13-26-16-20)24-12-10-17-6-4-5-9-19(17)15-24/h1-9,11,13,16,21H,10,12,14-15H2,(H,23,25). The molecule has 3 nitrogen and oxygen atoms in total. The minimum Gasteiger partial charge on any atom is -0.350 e. The molecule has 132 valence electrons. The maximum atomic E-state index is 12.5. The van der Waals surface area contributed by atoms with Crippen molar-refractivity contribution in [3.8, 4) is 0 Å². The molecule has 1 aromatic heterocycles. The highest BCUT2D eigenvalue weighted by molar-refractivity contribution is 7.07. The zero-order chi connectivity index (χ0) is 17.8. The van der Waals surface area contributed by atoms with Crippen LogP contribution in [-0.2, 0) is 13.0 Å². The number of carbonyl (C=O) groups is 1. The van der Waals surface area contributed by atoms with Crippen LogP contribution in [0.1, 0.15) is 33.1 Å². The summed E-state index contributed by atoms with van der Waals surface area (Å²) in [6, 6.07) is 20.5. The van der Waals surface area contributed by atoms with Crippen molar-refractivity contribution in [2.45, 2.75) is 19.0 Å². The molecule has 0 bridgehead atoms. The highest BCUT2D eigenvalue weighted by atomic mass is 32.1. The Morgan fingerprint density at radius 3 is 2.58 bits per heavy atom. The second-order valence-corrected chi connectivity index (χ2v) is 7.42. The van der Waals surface area contributed by atoms with Crippen LogP contribution in [0.5, 0.6) is 0 Å². The third-order valence-electron chi connectivity index (χ3n) is 5.02. The van der Waals surface area contributed by atoms with E-state index in [-0.39, 0.29) is 11.9 Å². The van der Waals surface area contributed by atoms with Gasteiger partial charge in [-0.2, -0.15) is 11.3 Å². The number of thiophene rings is 1. The molecule has 2 aromatic carbocycles. The number of rotatable bonds is 5. The first-order chi connectivity index (χ1) is 12.8. The molecule has 1 amide bonds.